The van der Waals surface area contributed by atoms with Gasteiger partial charge in [-0.15, -0.1) is 0 Å². The van der Waals surface area contributed by atoms with E-state index >= 15 is 0 Å². The number of carbonyl (C=O) groups is 2. The first-order chi connectivity index (χ1) is 25.7. The number of ether oxygens (including phenoxy) is 3. The van der Waals surface area contributed by atoms with Crippen LogP contribution in [0, 0.1) is 5.92 Å². The molecule has 53 heavy (non-hydrogen) atoms. The fourth-order valence-electron chi connectivity index (χ4n) is 7.91. The summed E-state index contributed by atoms with van der Waals surface area (Å²) < 4.78 is 19.0. The number of nitrogens with zero attached hydrogens (tertiary/aromatic N) is 4. The van der Waals surface area contributed by atoms with Crippen molar-refractivity contribution in [3.05, 3.63) is 111 Å². The Labute approximate surface area is 318 Å². The van der Waals surface area contributed by atoms with Crippen molar-refractivity contribution in [3.63, 3.8) is 0 Å². The monoisotopic (exact) mass is 760 g/mol. The number of hydrogen-bond acceptors (Lipinski definition) is 9. The molecule has 13 heteroatoms. The van der Waals surface area contributed by atoms with E-state index in [-0.39, 0.29) is 40.8 Å². The summed E-state index contributed by atoms with van der Waals surface area (Å²) in [5, 5.41) is 23.3. The second-order valence-electron chi connectivity index (χ2n) is 14.1. The molecule has 2 atom stereocenters. The quantitative estimate of drug-likeness (QED) is 0.132. The van der Waals surface area contributed by atoms with Crippen LogP contribution < -0.4 is 24.2 Å². The number of amides is 1. The summed E-state index contributed by atoms with van der Waals surface area (Å²) in [6, 6.07) is 14.0. The molecule has 4 aliphatic rings. The van der Waals surface area contributed by atoms with Crippen molar-refractivity contribution in [1.29, 1.82) is 0 Å². The number of fused-ring (bicyclic) bond motifs is 3. The molecule has 2 bridgehead atoms. The van der Waals surface area contributed by atoms with E-state index in [4.69, 9.17) is 37.4 Å². The molecule has 4 aromatic rings. The second kappa shape index (κ2) is 16.2. The number of piperidine rings is 3. The first-order valence-electron chi connectivity index (χ1n) is 18.0. The minimum Gasteiger partial charge on any atom is -0.545 e. The van der Waals surface area contributed by atoms with Crippen LogP contribution in [0.2, 0.25) is 10.0 Å². The van der Waals surface area contributed by atoms with E-state index in [1.54, 1.807) is 49.8 Å². The SMILES string of the molecule is COc1ccc([C@@H](Cc2c(Cl)c[n+](O)cc2Cl)c2cc(CN(C(=O)O[C@H]3CN4CCC3CC4)c3cccnc3)ccc2C(=O)[O-])cc1OC1CCCC1. The molecule has 1 saturated carbocycles. The smallest absolute Gasteiger partial charge is 0.414 e. The lowest BCUT2D eigenvalue weighted by Crippen LogP contribution is -2.53. The Morgan fingerprint density at radius 3 is 2.43 bits per heavy atom. The van der Waals surface area contributed by atoms with Crippen LogP contribution in [-0.2, 0) is 17.7 Å². The average Bonchev–Trinajstić information content (AvgIpc) is 3.67. The van der Waals surface area contributed by atoms with Gasteiger partial charge in [-0.25, -0.2) is 4.79 Å². The van der Waals surface area contributed by atoms with Crippen LogP contribution >= 0.6 is 23.2 Å². The van der Waals surface area contributed by atoms with Gasteiger partial charge in [-0.2, -0.15) is 0 Å². The summed E-state index contributed by atoms with van der Waals surface area (Å²) in [5.41, 5.74) is 2.81. The van der Waals surface area contributed by atoms with Crippen LogP contribution in [0.25, 0.3) is 0 Å². The molecule has 3 saturated heterocycles. The van der Waals surface area contributed by atoms with E-state index in [0.29, 0.717) is 46.3 Å². The number of pyridine rings is 2. The average molecular weight is 762 g/mol. The Morgan fingerprint density at radius 2 is 1.79 bits per heavy atom. The normalized spacial score (nSPS) is 20.2. The lowest BCUT2D eigenvalue weighted by Gasteiger charge is -2.44. The third kappa shape index (κ3) is 8.32. The maximum atomic E-state index is 14.0. The highest BCUT2D eigenvalue weighted by Gasteiger charge is 2.37. The number of methoxy groups -OCH3 is 1. The Hall–Kier alpha value is -4.58. The molecule has 1 aliphatic carbocycles. The number of benzene rings is 2. The summed E-state index contributed by atoms with van der Waals surface area (Å²) in [5.74, 6) is -0.589. The van der Waals surface area contributed by atoms with E-state index in [0.717, 1.165) is 61.9 Å². The number of carbonyl (C=O) groups excluding carboxylic acids is 2. The van der Waals surface area contributed by atoms with Gasteiger partial charge in [0.25, 0.3) is 0 Å². The predicted molar refractivity (Wildman–Crippen MR) is 196 cm³/mol. The van der Waals surface area contributed by atoms with Gasteiger partial charge in [-0.3, -0.25) is 20.0 Å². The zero-order valence-electron chi connectivity index (χ0n) is 29.5. The Kier molecular flexibility index (Phi) is 11.2. The van der Waals surface area contributed by atoms with Gasteiger partial charge in [0.1, 0.15) is 16.1 Å². The molecule has 11 nitrogen and oxygen atoms in total. The van der Waals surface area contributed by atoms with E-state index < -0.39 is 18.0 Å². The highest BCUT2D eigenvalue weighted by Crippen LogP contribution is 2.40. The highest BCUT2D eigenvalue weighted by molar-refractivity contribution is 6.35. The number of aromatic nitrogens is 2. The first kappa shape index (κ1) is 36.8. The summed E-state index contributed by atoms with van der Waals surface area (Å²) >= 11 is 13.3. The number of carboxylic acid groups (broad SMARTS) is 1. The van der Waals surface area contributed by atoms with Crippen LogP contribution in [0.1, 0.15) is 77.1 Å². The molecule has 0 unspecified atom stereocenters. The van der Waals surface area contributed by atoms with Crippen molar-refractivity contribution >= 4 is 41.0 Å². The van der Waals surface area contributed by atoms with E-state index in [2.05, 4.69) is 9.88 Å². The number of hydrogen-bond donors (Lipinski definition) is 1. The largest absolute Gasteiger partial charge is 0.545 e. The lowest BCUT2D eigenvalue weighted by atomic mass is 9.82. The third-order valence-corrected chi connectivity index (χ3v) is 11.4. The third-order valence-electron chi connectivity index (χ3n) is 10.7. The minimum absolute atomic E-state index is 0.0315. The maximum Gasteiger partial charge on any atom is 0.414 e. The number of aromatic carboxylic acids is 1. The number of halogens is 2. The molecule has 0 radical (unpaired) electrons. The van der Waals surface area contributed by atoms with Crippen LogP contribution in [0.3, 0.4) is 0 Å². The van der Waals surface area contributed by atoms with Crippen LogP contribution in [0.4, 0.5) is 10.5 Å². The van der Waals surface area contributed by atoms with E-state index in [1.807, 2.05) is 12.1 Å². The molecule has 5 heterocycles. The van der Waals surface area contributed by atoms with Crippen molar-refractivity contribution in [2.75, 3.05) is 31.6 Å². The maximum absolute atomic E-state index is 14.0. The van der Waals surface area contributed by atoms with Gasteiger partial charge < -0.3 is 24.1 Å². The Bertz CT molecular complexity index is 1930. The molecular weight excluding hydrogens is 719 g/mol. The fourth-order valence-corrected chi connectivity index (χ4v) is 8.52. The van der Waals surface area contributed by atoms with Crippen molar-refractivity contribution in [3.8, 4) is 11.5 Å². The van der Waals surface area contributed by atoms with Crippen molar-refractivity contribution in [2.24, 2.45) is 5.92 Å². The standard InChI is InChI=1S/C40H42Cl2N4O7/c1-51-36-11-9-27(18-37(36)52-29-6-2-3-7-29)31(19-33-34(41)22-45(50)23-35(33)42)32-17-25(8-10-30(32)39(47)48)21-46(28-5-4-14-43-20-28)40(49)53-38-24-44-15-12-26(38)13-16-44/h4-5,8-11,14,17-18,20,22-23,26,29,31,38H,2-3,6-7,12-13,15-16,19,21,24H2,1H3,(H-,47,48,50)/t31-,38+/m1/s1. The fraction of sp³-hybridized carbons (Fsp3) is 0.400. The second-order valence-corrected chi connectivity index (χ2v) is 14.9. The van der Waals surface area contributed by atoms with E-state index in [1.165, 1.54) is 23.4 Å². The molecule has 8 rings (SSSR count). The first-order valence-corrected chi connectivity index (χ1v) is 18.8. The predicted octanol–water partition coefficient (Wildman–Crippen LogP) is 6.22. The molecule has 4 fully saturated rings. The van der Waals surface area contributed by atoms with Crippen molar-refractivity contribution in [2.45, 2.75) is 69.6 Å². The van der Waals surface area contributed by atoms with Crippen LogP contribution in [0.15, 0.2) is 73.3 Å². The Morgan fingerprint density at radius 1 is 1.04 bits per heavy atom. The zero-order chi connectivity index (χ0) is 37.1. The Balaban J connectivity index is 1.29. The van der Waals surface area contributed by atoms with Crippen LogP contribution in [-0.4, -0.2) is 66.1 Å². The minimum atomic E-state index is -1.36. The number of anilines is 1. The van der Waals surface area contributed by atoms with E-state index in [9.17, 15) is 19.9 Å². The zero-order valence-corrected chi connectivity index (χ0v) is 31.0. The van der Waals surface area contributed by atoms with Gasteiger partial charge in [0.2, 0.25) is 12.4 Å². The van der Waals surface area contributed by atoms with Gasteiger partial charge in [0, 0.05) is 34.5 Å². The highest BCUT2D eigenvalue weighted by atomic mass is 35.5. The molecule has 1 N–H and O–H groups in total. The molecular formula is C40H42Cl2N4O7. The molecule has 3 aliphatic heterocycles. The summed E-state index contributed by atoms with van der Waals surface area (Å²) in [6.45, 7) is 2.82. The molecule has 2 aromatic heterocycles. The van der Waals surface area contributed by atoms with Crippen molar-refractivity contribution in [1.82, 2.24) is 9.88 Å². The number of carboxylic acids is 1. The summed E-state index contributed by atoms with van der Waals surface area (Å²) in [6.07, 6.45) is 11.4. The topological polar surface area (TPSA) is 128 Å². The van der Waals surface area contributed by atoms with Gasteiger partial charge in [-0.05, 0) is 105 Å². The molecule has 1 amide bonds. The molecule has 0 spiro atoms. The van der Waals surface area contributed by atoms with Gasteiger partial charge in [0.05, 0.1) is 37.6 Å². The lowest BCUT2D eigenvalue weighted by molar-refractivity contribution is -0.904. The van der Waals surface area contributed by atoms with Crippen LogP contribution in [0.5, 0.6) is 11.5 Å². The van der Waals surface area contributed by atoms with Gasteiger partial charge >= 0.3 is 6.09 Å². The van der Waals surface area contributed by atoms with Crippen molar-refractivity contribution < 1.29 is 38.8 Å². The van der Waals surface area contributed by atoms with Gasteiger partial charge in [0.15, 0.2) is 11.5 Å². The molecule has 278 valence electrons. The number of rotatable bonds is 12. The molecule has 2 aromatic carbocycles. The summed E-state index contributed by atoms with van der Waals surface area (Å²) in [7, 11) is 1.58. The van der Waals surface area contributed by atoms with Gasteiger partial charge in [-0.1, -0.05) is 47.5 Å². The summed E-state index contributed by atoms with van der Waals surface area (Å²) in [4.78, 5) is 34.9.